The first-order valence-corrected chi connectivity index (χ1v) is 8.84. The lowest BCUT2D eigenvalue weighted by Gasteiger charge is -2.18. The molecular weight excluding hydrogens is 365 g/mol. The van der Waals surface area contributed by atoms with E-state index in [0.717, 1.165) is 18.5 Å². The molecule has 1 fully saturated rings. The highest BCUT2D eigenvalue weighted by molar-refractivity contribution is 7.80. The van der Waals surface area contributed by atoms with Gasteiger partial charge in [0.05, 0.1) is 11.6 Å². The second-order valence-corrected chi connectivity index (χ2v) is 7.00. The highest BCUT2D eigenvalue weighted by Crippen LogP contribution is 2.28. The van der Waals surface area contributed by atoms with Gasteiger partial charge in [0.15, 0.2) is 0 Å². The molecule has 1 aromatic rings. The van der Waals surface area contributed by atoms with E-state index in [9.17, 15) is 5.26 Å². The summed E-state index contributed by atoms with van der Waals surface area (Å²) < 4.78 is 5.77. The summed E-state index contributed by atoms with van der Waals surface area (Å²) in [6, 6.07) is 7.71. The van der Waals surface area contributed by atoms with Crippen molar-refractivity contribution in [1.82, 2.24) is 10.6 Å². The van der Waals surface area contributed by atoms with Crippen LogP contribution in [0.3, 0.4) is 0 Å². The first kappa shape index (κ1) is 18.9. The number of nitrogens with one attached hydrogen (secondary N) is 2. The van der Waals surface area contributed by atoms with Crippen LogP contribution in [-0.4, -0.2) is 23.7 Å². The lowest BCUT2D eigenvalue weighted by molar-refractivity contribution is 0.224. The van der Waals surface area contributed by atoms with Gasteiger partial charge < -0.3 is 15.4 Å². The highest BCUT2D eigenvalue weighted by Gasteiger charge is 2.22. The van der Waals surface area contributed by atoms with Gasteiger partial charge in [-0.25, -0.2) is 0 Å². The van der Waals surface area contributed by atoms with E-state index >= 15 is 0 Å². The first-order valence-electron chi connectivity index (χ1n) is 7.68. The summed E-state index contributed by atoms with van der Waals surface area (Å²) in [5, 5.41) is 16.7. The summed E-state index contributed by atoms with van der Waals surface area (Å²) >= 11 is 17.3. The summed E-state index contributed by atoms with van der Waals surface area (Å²) in [6.45, 7) is 4.23. The molecule has 0 saturated heterocycles. The number of nitriles is 1. The molecule has 0 amide bonds. The van der Waals surface area contributed by atoms with E-state index in [1.54, 1.807) is 18.2 Å². The lowest BCUT2D eigenvalue weighted by Crippen LogP contribution is -2.34. The normalized spacial score (nSPS) is 15.8. The fourth-order valence-electron chi connectivity index (χ4n) is 2.06. The van der Waals surface area contributed by atoms with Crippen molar-refractivity contribution >= 4 is 40.4 Å². The van der Waals surface area contributed by atoms with Crippen molar-refractivity contribution in [3.05, 3.63) is 39.5 Å². The van der Waals surface area contributed by atoms with E-state index in [1.807, 2.05) is 13.8 Å². The standard InChI is InChI=1S/C17H19Cl2N3OS/c1-10(23-16-6-3-12(18)7-15(16)19)9-21-17(24)14(8-20)11(2)22-13-4-5-13/h3,6-7,10,13,22H,4-5,9H2,1-2H3,(H,21,24)/b14-11+. The maximum Gasteiger partial charge on any atom is 0.138 e. The SMILES string of the molecule is C/C(NC1CC1)=C(/C#N)C(=S)NCC(C)Oc1ccc(Cl)cc1Cl. The summed E-state index contributed by atoms with van der Waals surface area (Å²) in [5.74, 6) is 0.559. The largest absolute Gasteiger partial charge is 0.487 e. The molecule has 0 aromatic heterocycles. The Morgan fingerprint density at radius 2 is 2.17 bits per heavy atom. The summed E-state index contributed by atoms with van der Waals surface area (Å²) in [6.07, 6.45) is 2.10. The molecular formula is C17H19Cl2N3OS. The maximum atomic E-state index is 9.33. The van der Waals surface area contributed by atoms with E-state index in [2.05, 4.69) is 16.7 Å². The smallest absolute Gasteiger partial charge is 0.138 e. The molecule has 4 nitrogen and oxygen atoms in total. The predicted octanol–water partition coefficient (Wildman–Crippen LogP) is 4.23. The molecule has 7 heteroatoms. The van der Waals surface area contributed by atoms with Crippen molar-refractivity contribution in [3.8, 4) is 11.8 Å². The van der Waals surface area contributed by atoms with Crippen LogP contribution in [0, 0.1) is 11.3 Å². The van der Waals surface area contributed by atoms with Crippen LogP contribution in [0.2, 0.25) is 10.0 Å². The number of hydrogen-bond acceptors (Lipinski definition) is 4. The third-order valence-corrected chi connectivity index (χ3v) is 4.36. The predicted molar refractivity (Wildman–Crippen MR) is 102 cm³/mol. The van der Waals surface area contributed by atoms with Crippen LogP contribution in [-0.2, 0) is 0 Å². The van der Waals surface area contributed by atoms with Gasteiger partial charge in [-0.2, -0.15) is 5.26 Å². The Morgan fingerprint density at radius 1 is 1.46 bits per heavy atom. The third kappa shape index (κ3) is 5.55. The number of halogens is 2. The van der Waals surface area contributed by atoms with Crippen LogP contribution in [0.1, 0.15) is 26.7 Å². The average molecular weight is 384 g/mol. The Balaban J connectivity index is 1.89. The number of ether oxygens (including phenoxy) is 1. The number of rotatable bonds is 7. The molecule has 1 aliphatic carbocycles. The van der Waals surface area contributed by atoms with Crippen LogP contribution < -0.4 is 15.4 Å². The number of nitrogens with zero attached hydrogens (tertiary/aromatic N) is 1. The number of benzene rings is 1. The van der Waals surface area contributed by atoms with Crippen molar-refractivity contribution in [2.24, 2.45) is 0 Å². The van der Waals surface area contributed by atoms with Gasteiger partial charge >= 0.3 is 0 Å². The molecule has 128 valence electrons. The van der Waals surface area contributed by atoms with Gasteiger partial charge in [-0.15, -0.1) is 0 Å². The maximum absolute atomic E-state index is 9.33. The van der Waals surface area contributed by atoms with E-state index in [4.69, 9.17) is 40.2 Å². The molecule has 0 radical (unpaired) electrons. The zero-order chi connectivity index (χ0) is 17.7. The first-order chi connectivity index (χ1) is 11.4. The molecule has 1 aromatic carbocycles. The van der Waals surface area contributed by atoms with Gasteiger partial charge in [0.25, 0.3) is 0 Å². The third-order valence-electron chi connectivity index (χ3n) is 3.48. The Labute approximate surface area is 157 Å². The number of allylic oxidation sites excluding steroid dienone is 1. The monoisotopic (exact) mass is 383 g/mol. The van der Waals surface area contributed by atoms with E-state index in [0.29, 0.717) is 38.9 Å². The molecule has 24 heavy (non-hydrogen) atoms. The fourth-order valence-corrected chi connectivity index (χ4v) is 2.80. The molecule has 0 bridgehead atoms. The lowest BCUT2D eigenvalue weighted by atomic mass is 10.2. The Morgan fingerprint density at radius 3 is 2.75 bits per heavy atom. The van der Waals surface area contributed by atoms with Gasteiger partial charge in [-0.3, -0.25) is 0 Å². The van der Waals surface area contributed by atoms with Crippen LogP contribution in [0.4, 0.5) is 0 Å². The Bertz CT molecular complexity index is 696. The van der Waals surface area contributed by atoms with Gasteiger partial charge in [-0.1, -0.05) is 35.4 Å². The van der Waals surface area contributed by atoms with Crippen LogP contribution in [0.5, 0.6) is 5.75 Å². The van der Waals surface area contributed by atoms with Crippen LogP contribution in [0.25, 0.3) is 0 Å². The second-order valence-electron chi connectivity index (χ2n) is 5.74. The zero-order valence-electron chi connectivity index (χ0n) is 13.5. The van der Waals surface area contributed by atoms with Gasteiger partial charge in [0, 0.05) is 16.8 Å². The second kappa shape index (κ2) is 8.57. The quantitative estimate of drug-likeness (QED) is 0.419. The molecule has 0 heterocycles. The minimum Gasteiger partial charge on any atom is -0.487 e. The molecule has 1 aliphatic rings. The minimum atomic E-state index is -0.182. The molecule has 1 saturated carbocycles. The van der Waals surface area contributed by atoms with Crippen molar-refractivity contribution in [2.75, 3.05) is 6.54 Å². The molecule has 1 unspecified atom stereocenters. The van der Waals surface area contributed by atoms with Gasteiger partial charge in [0.2, 0.25) is 0 Å². The van der Waals surface area contributed by atoms with Gasteiger partial charge in [0.1, 0.15) is 28.5 Å². The van der Waals surface area contributed by atoms with Crippen LogP contribution >= 0.6 is 35.4 Å². The van der Waals surface area contributed by atoms with E-state index < -0.39 is 0 Å². The molecule has 0 spiro atoms. The van der Waals surface area contributed by atoms with Crippen molar-refractivity contribution in [3.63, 3.8) is 0 Å². The summed E-state index contributed by atoms with van der Waals surface area (Å²) in [7, 11) is 0. The molecule has 2 N–H and O–H groups in total. The average Bonchev–Trinajstić information content (AvgIpc) is 3.32. The zero-order valence-corrected chi connectivity index (χ0v) is 15.9. The Hall–Kier alpha value is -1.48. The van der Waals surface area contributed by atoms with E-state index in [-0.39, 0.29) is 6.10 Å². The fraction of sp³-hybridized carbons (Fsp3) is 0.412. The van der Waals surface area contributed by atoms with Gasteiger partial charge in [-0.05, 0) is 44.9 Å². The minimum absolute atomic E-state index is 0.182. The molecule has 0 aliphatic heterocycles. The van der Waals surface area contributed by atoms with Crippen molar-refractivity contribution < 1.29 is 4.74 Å². The van der Waals surface area contributed by atoms with Crippen molar-refractivity contribution in [2.45, 2.75) is 38.8 Å². The Kier molecular flexibility index (Phi) is 6.73. The topological polar surface area (TPSA) is 57.1 Å². The highest BCUT2D eigenvalue weighted by atomic mass is 35.5. The number of thiocarbonyl (C=S) groups is 1. The molecule has 1 atom stereocenters. The van der Waals surface area contributed by atoms with E-state index in [1.165, 1.54) is 0 Å². The summed E-state index contributed by atoms with van der Waals surface area (Å²) in [4.78, 5) is 0.417. The van der Waals surface area contributed by atoms with Crippen molar-refractivity contribution in [1.29, 1.82) is 5.26 Å². The molecule has 2 rings (SSSR count). The number of hydrogen-bond donors (Lipinski definition) is 2. The summed E-state index contributed by atoms with van der Waals surface area (Å²) in [5.41, 5.74) is 1.28. The van der Waals surface area contributed by atoms with Crippen LogP contribution in [0.15, 0.2) is 29.5 Å².